The van der Waals surface area contributed by atoms with Crippen LogP contribution >= 0.6 is 0 Å². The van der Waals surface area contributed by atoms with Crippen LogP contribution < -0.4 is 27.4 Å². The Morgan fingerprint density at radius 1 is 0.921 bits per heavy atom. The van der Waals surface area contributed by atoms with Crippen molar-refractivity contribution < 1.29 is 34.2 Å². The molecule has 4 unspecified atom stereocenters. The van der Waals surface area contributed by atoms with E-state index in [1.807, 2.05) is 24.3 Å². The van der Waals surface area contributed by atoms with Crippen molar-refractivity contribution in [2.75, 3.05) is 6.54 Å². The molecule has 0 spiro atoms. The van der Waals surface area contributed by atoms with Gasteiger partial charge < -0.3 is 42.6 Å². The Balaban J connectivity index is 2.17. The van der Waals surface area contributed by atoms with Crippen LogP contribution in [0.3, 0.4) is 0 Å². The van der Waals surface area contributed by atoms with Crippen molar-refractivity contribution >= 4 is 40.6 Å². The third-order valence-electron chi connectivity index (χ3n) is 6.05. The van der Waals surface area contributed by atoms with E-state index in [1.165, 1.54) is 6.92 Å². The van der Waals surface area contributed by atoms with Gasteiger partial charge in [-0.25, -0.2) is 4.79 Å². The van der Waals surface area contributed by atoms with Crippen LogP contribution in [0, 0.1) is 0 Å². The molecule has 2 rings (SSSR count). The molecule has 0 radical (unpaired) electrons. The maximum Gasteiger partial charge on any atom is 0.326 e. The smallest absolute Gasteiger partial charge is 0.326 e. The van der Waals surface area contributed by atoms with E-state index in [0.717, 1.165) is 16.5 Å². The Morgan fingerprint density at radius 3 is 2.26 bits per heavy atom. The molecule has 0 bridgehead atoms. The van der Waals surface area contributed by atoms with Crippen molar-refractivity contribution in [2.45, 2.75) is 69.6 Å². The molecule has 10 N–H and O–H groups in total. The lowest BCUT2D eigenvalue weighted by Crippen LogP contribution is -2.57. The third-order valence-corrected chi connectivity index (χ3v) is 6.05. The summed E-state index contributed by atoms with van der Waals surface area (Å²) in [5.74, 6) is -4.41. The largest absolute Gasteiger partial charge is 0.481 e. The normalized spacial score (nSPS) is 14.2. The maximum atomic E-state index is 13.2. The van der Waals surface area contributed by atoms with Gasteiger partial charge in [0.1, 0.15) is 18.1 Å². The zero-order valence-corrected chi connectivity index (χ0v) is 21.2. The first kappa shape index (κ1) is 30.3. The fourth-order valence-corrected chi connectivity index (χ4v) is 3.84. The molecule has 0 aliphatic carbocycles. The number of carboxylic acids is 2. The molecule has 2 aromatic rings. The summed E-state index contributed by atoms with van der Waals surface area (Å²) in [5.41, 5.74) is 12.7. The van der Waals surface area contributed by atoms with Crippen LogP contribution in [0.5, 0.6) is 0 Å². The number of carbonyl (C=O) groups excluding carboxylic acids is 3. The molecule has 1 heterocycles. The second kappa shape index (κ2) is 14.7. The molecule has 208 valence electrons. The lowest BCUT2D eigenvalue weighted by atomic mass is 10.0. The summed E-state index contributed by atoms with van der Waals surface area (Å²) in [6, 6.07) is 2.84. The number of para-hydroxylation sites is 1. The molecule has 3 amide bonds. The summed E-state index contributed by atoms with van der Waals surface area (Å²) < 4.78 is 0. The first-order valence-electron chi connectivity index (χ1n) is 12.4. The van der Waals surface area contributed by atoms with E-state index >= 15 is 0 Å². The van der Waals surface area contributed by atoms with Crippen molar-refractivity contribution in [3.05, 3.63) is 36.0 Å². The van der Waals surface area contributed by atoms with Crippen LogP contribution in [0.2, 0.25) is 0 Å². The minimum Gasteiger partial charge on any atom is -0.481 e. The van der Waals surface area contributed by atoms with Crippen molar-refractivity contribution in [3.8, 4) is 0 Å². The standard InChI is InChI=1S/C25H36N6O7/c1-14(29-23(35)17(27)9-10-21(32)33)22(34)31-20(12-15-13-28-18-7-3-2-6-16(15)18)24(36)30-19(25(37)38)8-4-5-11-26/h2-3,6-7,13-14,17,19-20,28H,4-5,8-12,26-27H2,1H3,(H,29,35)(H,30,36)(H,31,34)(H,32,33)(H,37,38). The maximum absolute atomic E-state index is 13.2. The van der Waals surface area contributed by atoms with Crippen LogP contribution in [0.25, 0.3) is 10.9 Å². The van der Waals surface area contributed by atoms with Crippen molar-refractivity contribution in [1.82, 2.24) is 20.9 Å². The molecule has 0 aliphatic rings. The Kier molecular flexibility index (Phi) is 11.7. The number of aliphatic carboxylic acids is 2. The zero-order chi connectivity index (χ0) is 28.2. The monoisotopic (exact) mass is 532 g/mol. The SMILES string of the molecule is CC(NC(=O)C(N)CCC(=O)O)C(=O)NC(Cc1c[nH]c2ccccc12)C(=O)NC(CCCCN)C(=O)O. The number of aromatic nitrogens is 1. The Labute approximate surface area is 219 Å². The van der Waals surface area contributed by atoms with E-state index in [-0.39, 0.29) is 25.7 Å². The highest BCUT2D eigenvalue weighted by Crippen LogP contribution is 2.19. The van der Waals surface area contributed by atoms with Gasteiger partial charge in [0.2, 0.25) is 17.7 Å². The van der Waals surface area contributed by atoms with E-state index in [4.69, 9.17) is 16.6 Å². The number of nitrogens with two attached hydrogens (primary N) is 2. The second-order valence-corrected chi connectivity index (χ2v) is 9.08. The first-order valence-corrected chi connectivity index (χ1v) is 12.4. The molecule has 0 aliphatic heterocycles. The highest BCUT2D eigenvalue weighted by molar-refractivity contribution is 5.94. The summed E-state index contributed by atoms with van der Waals surface area (Å²) in [6.07, 6.45) is 2.61. The predicted octanol–water partition coefficient (Wildman–Crippen LogP) is -0.410. The number of H-pyrrole nitrogens is 1. The Morgan fingerprint density at radius 2 is 1.61 bits per heavy atom. The molecular formula is C25H36N6O7. The van der Waals surface area contributed by atoms with E-state index in [1.54, 1.807) is 6.20 Å². The number of fused-ring (bicyclic) bond motifs is 1. The van der Waals surface area contributed by atoms with Crippen LogP contribution in [-0.2, 0) is 30.4 Å². The summed E-state index contributed by atoms with van der Waals surface area (Å²) in [7, 11) is 0. The topological polar surface area (TPSA) is 230 Å². The molecule has 1 aromatic carbocycles. The molecule has 1 aromatic heterocycles. The molecule has 4 atom stereocenters. The number of hydrogen-bond acceptors (Lipinski definition) is 7. The van der Waals surface area contributed by atoms with Crippen molar-refractivity contribution in [2.24, 2.45) is 11.5 Å². The fourth-order valence-electron chi connectivity index (χ4n) is 3.84. The minimum atomic E-state index is -1.21. The van der Waals surface area contributed by atoms with Crippen molar-refractivity contribution in [3.63, 3.8) is 0 Å². The molecule has 13 nitrogen and oxygen atoms in total. The molecular weight excluding hydrogens is 496 g/mol. The van der Waals surface area contributed by atoms with Gasteiger partial charge in [-0.15, -0.1) is 0 Å². The Bertz CT molecular complexity index is 1130. The van der Waals surface area contributed by atoms with E-state index in [9.17, 15) is 29.1 Å². The molecule has 0 saturated carbocycles. The first-order chi connectivity index (χ1) is 18.0. The number of benzene rings is 1. The average molecular weight is 533 g/mol. The van der Waals surface area contributed by atoms with Crippen LogP contribution in [0.4, 0.5) is 0 Å². The predicted molar refractivity (Wildman–Crippen MR) is 139 cm³/mol. The zero-order valence-electron chi connectivity index (χ0n) is 21.2. The van der Waals surface area contributed by atoms with Gasteiger partial charge in [-0.1, -0.05) is 18.2 Å². The van der Waals surface area contributed by atoms with Gasteiger partial charge in [-0.3, -0.25) is 19.2 Å². The van der Waals surface area contributed by atoms with Gasteiger partial charge in [0.15, 0.2) is 0 Å². The van der Waals surface area contributed by atoms with Gasteiger partial charge in [-0.05, 0) is 50.8 Å². The van der Waals surface area contributed by atoms with Gasteiger partial charge in [0, 0.05) is 29.9 Å². The molecule has 0 fully saturated rings. The van der Waals surface area contributed by atoms with Gasteiger partial charge in [0.25, 0.3) is 0 Å². The number of aromatic amines is 1. The minimum absolute atomic E-state index is 0.0511. The van der Waals surface area contributed by atoms with E-state index < -0.39 is 53.8 Å². The van der Waals surface area contributed by atoms with Crippen LogP contribution in [-0.4, -0.2) is 75.6 Å². The lowest BCUT2D eigenvalue weighted by Gasteiger charge is -2.24. The van der Waals surface area contributed by atoms with Crippen molar-refractivity contribution in [1.29, 1.82) is 0 Å². The Hall–Kier alpha value is -3.97. The number of hydrogen-bond donors (Lipinski definition) is 8. The quantitative estimate of drug-likeness (QED) is 0.131. The van der Waals surface area contributed by atoms with E-state index in [2.05, 4.69) is 20.9 Å². The number of rotatable bonds is 16. The molecule has 38 heavy (non-hydrogen) atoms. The number of unbranched alkanes of at least 4 members (excludes halogenated alkanes) is 1. The number of carboxylic acid groups (broad SMARTS) is 2. The second-order valence-electron chi connectivity index (χ2n) is 9.08. The van der Waals surface area contributed by atoms with Gasteiger partial charge in [0.05, 0.1) is 6.04 Å². The summed E-state index contributed by atoms with van der Waals surface area (Å²) in [5, 5.41) is 26.7. The molecule has 13 heteroatoms. The van der Waals surface area contributed by atoms with Gasteiger partial charge in [-0.2, -0.15) is 0 Å². The van der Waals surface area contributed by atoms with E-state index in [0.29, 0.717) is 19.4 Å². The summed E-state index contributed by atoms with van der Waals surface area (Å²) in [4.78, 5) is 63.9. The number of carbonyl (C=O) groups is 5. The van der Waals surface area contributed by atoms with Crippen LogP contribution in [0.1, 0.15) is 44.6 Å². The molecule has 0 saturated heterocycles. The summed E-state index contributed by atoms with van der Waals surface area (Å²) in [6.45, 7) is 1.79. The number of nitrogens with one attached hydrogen (secondary N) is 4. The fraction of sp³-hybridized carbons (Fsp3) is 0.480. The third kappa shape index (κ3) is 9.16. The highest BCUT2D eigenvalue weighted by atomic mass is 16.4. The summed E-state index contributed by atoms with van der Waals surface area (Å²) >= 11 is 0. The number of amides is 3. The highest BCUT2D eigenvalue weighted by Gasteiger charge is 2.29. The lowest BCUT2D eigenvalue weighted by molar-refractivity contribution is -0.142. The van der Waals surface area contributed by atoms with Gasteiger partial charge >= 0.3 is 11.9 Å². The average Bonchev–Trinajstić information content (AvgIpc) is 3.28. The van der Waals surface area contributed by atoms with Crippen LogP contribution in [0.15, 0.2) is 30.5 Å².